The predicted molar refractivity (Wildman–Crippen MR) is 105 cm³/mol. The summed E-state index contributed by atoms with van der Waals surface area (Å²) in [4.78, 5) is 12.7. The Labute approximate surface area is 160 Å². The van der Waals surface area contributed by atoms with Gasteiger partial charge in [0.1, 0.15) is 16.7 Å². The van der Waals surface area contributed by atoms with Crippen molar-refractivity contribution in [2.24, 2.45) is 0 Å². The van der Waals surface area contributed by atoms with Crippen LogP contribution in [0, 0.1) is 6.92 Å². The summed E-state index contributed by atoms with van der Waals surface area (Å²) < 4.78 is 35.7. The molecule has 1 rings (SSSR count). The number of carbonyl (C=O) groups is 1. The molecule has 0 aromatic carbocycles. The standard InChI is InChI=1S/C18H31O6PS/c1-6-10-13-26-17(18(19)21-7-2)16(15-14(5)11-12-22-15)25(20,23-8-3)24-9-4/h11-12,16-17H,6-10,13H2,1-5H3. The molecule has 0 aliphatic carbocycles. The third-order valence-electron chi connectivity index (χ3n) is 3.73. The number of esters is 1. The van der Waals surface area contributed by atoms with Gasteiger partial charge in [-0.05, 0) is 51.5 Å². The van der Waals surface area contributed by atoms with Crippen LogP contribution in [-0.2, 0) is 23.1 Å². The second-order valence-corrected chi connectivity index (χ2v) is 9.09. The first-order chi connectivity index (χ1) is 12.4. The van der Waals surface area contributed by atoms with Crippen LogP contribution in [0.3, 0.4) is 0 Å². The molecule has 150 valence electrons. The van der Waals surface area contributed by atoms with Gasteiger partial charge in [0.05, 0.1) is 26.1 Å². The molecule has 0 aliphatic rings. The Bertz CT molecular complexity index is 578. The highest BCUT2D eigenvalue weighted by atomic mass is 32.2. The fourth-order valence-corrected chi connectivity index (χ4v) is 6.60. The molecular formula is C18H31O6PS. The summed E-state index contributed by atoms with van der Waals surface area (Å²) in [5, 5.41) is -0.727. The quantitative estimate of drug-likeness (QED) is 0.248. The summed E-state index contributed by atoms with van der Waals surface area (Å²) in [6.45, 7) is 9.87. The van der Waals surface area contributed by atoms with Gasteiger partial charge in [-0.25, -0.2) is 0 Å². The van der Waals surface area contributed by atoms with Gasteiger partial charge in [0.15, 0.2) is 0 Å². The predicted octanol–water partition coefficient (Wildman–Crippen LogP) is 5.36. The van der Waals surface area contributed by atoms with Gasteiger partial charge < -0.3 is 18.2 Å². The van der Waals surface area contributed by atoms with E-state index in [-0.39, 0.29) is 19.8 Å². The van der Waals surface area contributed by atoms with Gasteiger partial charge in [0.25, 0.3) is 0 Å². The van der Waals surface area contributed by atoms with E-state index < -0.39 is 24.5 Å². The Morgan fingerprint density at radius 2 is 1.85 bits per heavy atom. The molecule has 1 aromatic rings. The summed E-state index contributed by atoms with van der Waals surface area (Å²) in [5.41, 5.74) is -0.0432. The van der Waals surface area contributed by atoms with Crippen LogP contribution in [0.4, 0.5) is 0 Å². The maximum Gasteiger partial charge on any atom is 0.343 e. The van der Waals surface area contributed by atoms with Gasteiger partial charge in [-0.1, -0.05) is 13.3 Å². The molecule has 1 aromatic heterocycles. The molecule has 2 unspecified atom stereocenters. The third kappa shape index (κ3) is 6.15. The second-order valence-electron chi connectivity index (χ2n) is 5.69. The molecule has 0 spiro atoms. The van der Waals surface area contributed by atoms with Crippen molar-refractivity contribution >= 4 is 25.3 Å². The smallest absolute Gasteiger partial charge is 0.343 e. The number of carbonyl (C=O) groups excluding carboxylic acids is 1. The zero-order valence-corrected chi connectivity index (χ0v) is 18.1. The highest BCUT2D eigenvalue weighted by Crippen LogP contribution is 2.64. The van der Waals surface area contributed by atoms with Gasteiger partial charge in [0.2, 0.25) is 0 Å². The lowest BCUT2D eigenvalue weighted by Crippen LogP contribution is -2.29. The van der Waals surface area contributed by atoms with Crippen LogP contribution >= 0.6 is 19.4 Å². The Morgan fingerprint density at radius 1 is 1.19 bits per heavy atom. The number of thioether (sulfide) groups is 1. The molecule has 0 aliphatic heterocycles. The fourth-order valence-electron chi connectivity index (χ4n) is 2.56. The maximum absolute atomic E-state index is 13.6. The lowest BCUT2D eigenvalue weighted by Gasteiger charge is -2.30. The van der Waals surface area contributed by atoms with Crippen molar-refractivity contribution in [3.05, 3.63) is 23.7 Å². The average Bonchev–Trinajstić information content (AvgIpc) is 3.00. The molecular weight excluding hydrogens is 375 g/mol. The highest BCUT2D eigenvalue weighted by Gasteiger charge is 2.48. The average molecular weight is 406 g/mol. The topological polar surface area (TPSA) is 75.0 Å². The van der Waals surface area contributed by atoms with Crippen molar-refractivity contribution in [1.29, 1.82) is 0 Å². The van der Waals surface area contributed by atoms with E-state index in [0.717, 1.165) is 24.2 Å². The molecule has 1 heterocycles. The highest BCUT2D eigenvalue weighted by molar-refractivity contribution is 8.00. The maximum atomic E-state index is 13.6. The number of unbranched alkanes of at least 4 members (excludes halogenated alkanes) is 1. The number of ether oxygens (including phenoxy) is 1. The van der Waals surface area contributed by atoms with E-state index in [1.807, 2.05) is 6.92 Å². The van der Waals surface area contributed by atoms with Gasteiger partial charge >= 0.3 is 13.6 Å². The van der Waals surface area contributed by atoms with E-state index in [9.17, 15) is 9.36 Å². The number of furan rings is 1. The van der Waals surface area contributed by atoms with Crippen molar-refractivity contribution in [2.75, 3.05) is 25.6 Å². The van der Waals surface area contributed by atoms with Crippen molar-refractivity contribution in [1.82, 2.24) is 0 Å². The molecule has 0 bridgehead atoms. The largest absolute Gasteiger partial charge is 0.468 e. The first kappa shape index (κ1) is 23.3. The number of rotatable bonds is 13. The van der Waals surface area contributed by atoms with Crippen molar-refractivity contribution < 1.29 is 27.6 Å². The van der Waals surface area contributed by atoms with E-state index in [4.69, 9.17) is 18.2 Å². The lowest BCUT2D eigenvalue weighted by atomic mass is 10.1. The molecule has 26 heavy (non-hydrogen) atoms. The Morgan fingerprint density at radius 3 is 2.31 bits per heavy atom. The van der Waals surface area contributed by atoms with Gasteiger partial charge in [-0.2, -0.15) is 0 Å². The first-order valence-corrected chi connectivity index (χ1v) is 11.8. The van der Waals surface area contributed by atoms with E-state index in [1.54, 1.807) is 26.8 Å². The third-order valence-corrected chi connectivity index (χ3v) is 7.73. The summed E-state index contributed by atoms with van der Waals surface area (Å²) in [6.07, 6.45) is 3.47. The minimum Gasteiger partial charge on any atom is -0.468 e. The Kier molecular flexibility index (Phi) is 10.6. The SMILES string of the molecule is CCCCSC(C(=O)OCC)C(c1occc1C)P(=O)(OCC)OCC. The van der Waals surface area contributed by atoms with Crippen LogP contribution in [-0.4, -0.2) is 36.8 Å². The van der Waals surface area contributed by atoms with Crippen LogP contribution in [0.1, 0.15) is 57.5 Å². The van der Waals surface area contributed by atoms with Crippen LogP contribution < -0.4 is 0 Å². The Balaban J connectivity index is 3.38. The lowest BCUT2D eigenvalue weighted by molar-refractivity contribution is -0.142. The van der Waals surface area contributed by atoms with Crippen LogP contribution in [0.25, 0.3) is 0 Å². The fraction of sp³-hybridized carbons (Fsp3) is 0.722. The van der Waals surface area contributed by atoms with Crippen LogP contribution in [0.2, 0.25) is 0 Å². The van der Waals surface area contributed by atoms with Gasteiger partial charge in [-0.15, -0.1) is 11.8 Å². The second kappa shape index (κ2) is 11.9. The van der Waals surface area contributed by atoms with Gasteiger partial charge in [0, 0.05) is 0 Å². The van der Waals surface area contributed by atoms with E-state index in [0.29, 0.717) is 5.76 Å². The van der Waals surface area contributed by atoms with Crippen LogP contribution in [0.15, 0.2) is 16.7 Å². The molecule has 0 saturated heterocycles. The molecule has 0 fully saturated rings. The van der Waals surface area contributed by atoms with Crippen LogP contribution in [0.5, 0.6) is 0 Å². The summed E-state index contributed by atoms with van der Waals surface area (Å²) in [6, 6.07) is 1.78. The first-order valence-electron chi connectivity index (χ1n) is 9.16. The molecule has 0 saturated carbocycles. The molecule has 6 nitrogen and oxygen atoms in total. The molecule has 2 atom stereocenters. The summed E-state index contributed by atoms with van der Waals surface area (Å²) in [7, 11) is -3.64. The van der Waals surface area contributed by atoms with Crippen molar-refractivity contribution in [3.8, 4) is 0 Å². The number of hydrogen-bond donors (Lipinski definition) is 0. The monoisotopic (exact) mass is 406 g/mol. The van der Waals surface area contributed by atoms with Crippen molar-refractivity contribution in [3.63, 3.8) is 0 Å². The zero-order valence-electron chi connectivity index (χ0n) is 16.4. The van der Waals surface area contributed by atoms with Crippen molar-refractivity contribution in [2.45, 2.75) is 58.4 Å². The summed E-state index contributed by atoms with van der Waals surface area (Å²) >= 11 is 1.42. The molecule has 8 heteroatoms. The molecule has 0 amide bonds. The number of hydrogen-bond acceptors (Lipinski definition) is 7. The van der Waals surface area contributed by atoms with E-state index in [1.165, 1.54) is 18.0 Å². The molecule has 0 radical (unpaired) electrons. The zero-order chi connectivity index (χ0) is 19.6. The normalized spacial score (nSPS) is 14.2. The summed E-state index contributed by atoms with van der Waals surface area (Å²) in [5.74, 6) is 0.778. The van der Waals surface area contributed by atoms with E-state index >= 15 is 0 Å². The Hall–Kier alpha value is -0.750. The number of aryl methyl sites for hydroxylation is 1. The molecule has 0 N–H and O–H groups in total. The van der Waals surface area contributed by atoms with E-state index in [2.05, 4.69) is 6.92 Å². The van der Waals surface area contributed by atoms with Gasteiger partial charge in [-0.3, -0.25) is 9.36 Å². The minimum absolute atomic E-state index is 0.211. The minimum atomic E-state index is -3.64.